The number of hydrogen-bond donors (Lipinski definition) is 2. The lowest BCUT2D eigenvalue weighted by atomic mass is 10.2. The molecule has 1 unspecified atom stereocenters. The highest BCUT2D eigenvalue weighted by atomic mass is 32.2. The molecule has 0 spiro atoms. The number of rotatable bonds is 5. The van der Waals surface area contributed by atoms with Crippen LogP contribution in [-0.4, -0.2) is 44.1 Å². The van der Waals surface area contributed by atoms with Gasteiger partial charge in [-0.05, 0) is 43.5 Å². The lowest BCUT2D eigenvalue weighted by Crippen LogP contribution is -2.29. The summed E-state index contributed by atoms with van der Waals surface area (Å²) < 4.78 is 26.0. The van der Waals surface area contributed by atoms with Gasteiger partial charge in [-0.15, -0.1) is 0 Å². The van der Waals surface area contributed by atoms with Crippen LogP contribution in [0.2, 0.25) is 0 Å². The molecule has 0 saturated heterocycles. The fourth-order valence-corrected chi connectivity index (χ4v) is 3.35. The number of aliphatic hydroxyl groups excluding tert-OH is 1. The number of sulfonamides is 1. The van der Waals surface area contributed by atoms with Crippen molar-refractivity contribution >= 4 is 15.7 Å². The molecule has 5 nitrogen and oxygen atoms in total. The van der Waals surface area contributed by atoms with Gasteiger partial charge < -0.3 is 10.4 Å². The molecular weight excluding hydrogens is 264 g/mol. The van der Waals surface area contributed by atoms with Gasteiger partial charge in [0.05, 0.1) is 11.0 Å². The minimum atomic E-state index is -3.46. The van der Waals surface area contributed by atoms with Crippen molar-refractivity contribution in [1.82, 2.24) is 4.31 Å². The molecule has 1 aromatic carbocycles. The Labute approximate surface area is 114 Å². The van der Waals surface area contributed by atoms with Crippen LogP contribution in [0.4, 0.5) is 5.69 Å². The van der Waals surface area contributed by atoms with Gasteiger partial charge in [-0.2, -0.15) is 0 Å². The maximum atomic E-state index is 12.4. The maximum Gasteiger partial charge on any atom is 0.242 e. The Morgan fingerprint density at radius 2 is 2.21 bits per heavy atom. The molecule has 2 N–H and O–H groups in total. The van der Waals surface area contributed by atoms with E-state index in [2.05, 4.69) is 5.32 Å². The van der Waals surface area contributed by atoms with Crippen molar-refractivity contribution in [3.05, 3.63) is 23.8 Å². The lowest BCUT2D eigenvalue weighted by Gasteiger charge is -2.18. The van der Waals surface area contributed by atoms with Crippen LogP contribution in [0.15, 0.2) is 23.1 Å². The summed E-state index contributed by atoms with van der Waals surface area (Å²) in [6, 6.07) is 5.19. The quantitative estimate of drug-likeness (QED) is 0.848. The summed E-state index contributed by atoms with van der Waals surface area (Å²) in [5.74, 6) is 0. The Morgan fingerprint density at radius 1 is 1.47 bits per heavy atom. The molecular formula is C13H20N2O3S. The van der Waals surface area contributed by atoms with Crippen LogP contribution in [0.25, 0.3) is 0 Å². The second-order valence-electron chi connectivity index (χ2n) is 4.96. The molecule has 1 atom stereocenters. The van der Waals surface area contributed by atoms with Crippen LogP contribution in [-0.2, 0) is 16.4 Å². The number of nitrogens with zero attached hydrogens (tertiary/aromatic N) is 1. The summed E-state index contributed by atoms with van der Waals surface area (Å²) in [6.07, 6.45) is 0.792. The molecule has 19 heavy (non-hydrogen) atoms. The Bertz CT molecular complexity index is 555. The minimum Gasteiger partial charge on any atom is -0.393 e. The minimum absolute atomic E-state index is 0.315. The number of aliphatic hydroxyl groups is 1. The molecule has 2 rings (SSSR count). The van der Waals surface area contributed by atoms with Gasteiger partial charge in [0.1, 0.15) is 0 Å². The third-order valence-corrected chi connectivity index (χ3v) is 5.21. The monoisotopic (exact) mass is 284 g/mol. The Hall–Kier alpha value is -1.11. The maximum absolute atomic E-state index is 12.4. The average molecular weight is 284 g/mol. The van der Waals surface area contributed by atoms with Crippen LogP contribution in [0.5, 0.6) is 0 Å². The predicted octanol–water partition coefficient (Wildman–Crippen LogP) is 1.05. The summed E-state index contributed by atoms with van der Waals surface area (Å²) in [6.45, 7) is 2.83. The van der Waals surface area contributed by atoms with E-state index in [0.29, 0.717) is 17.9 Å². The molecule has 0 saturated carbocycles. The standard InChI is InChI=1S/C13H20N2O3S/c1-10(16)6-8-15(2)19(17,18)12-3-4-13-11(9-12)5-7-14-13/h3-4,9-10,14,16H,5-8H2,1-2H3. The molecule has 0 bridgehead atoms. The topological polar surface area (TPSA) is 69.6 Å². The molecule has 1 aromatic rings. The van der Waals surface area contributed by atoms with Crippen molar-refractivity contribution < 1.29 is 13.5 Å². The summed E-state index contributed by atoms with van der Waals surface area (Å²) in [5.41, 5.74) is 2.07. The Kier molecular flexibility index (Phi) is 4.13. The largest absolute Gasteiger partial charge is 0.393 e. The van der Waals surface area contributed by atoms with E-state index in [1.807, 2.05) is 6.07 Å². The molecule has 1 aliphatic rings. The van der Waals surface area contributed by atoms with Crippen molar-refractivity contribution in [2.24, 2.45) is 0 Å². The zero-order chi connectivity index (χ0) is 14.0. The van der Waals surface area contributed by atoms with Crippen LogP contribution < -0.4 is 5.32 Å². The van der Waals surface area contributed by atoms with E-state index in [1.165, 1.54) is 4.31 Å². The molecule has 0 radical (unpaired) electrons. The molecule has 1 heterocycles. The number of fused-ring (bicyclic) bond motifs is 1. The third-order valence-electron chi connectivity index (χ3n) is 3.36. The van der Waals surface area contributed by atoms with Crippen molar-refractivity contribution in [2.45, 2.75) is 30.8 Å². The zero-order valence-electron chi connectivity index (χ0n) is 11.3. The van der Waals surface area contributed by atoms with Gasteiger partial charge in [0.15, 0.2) is 0 Å². The van der Waals surface area contributed by atoms with Gasteiger partial charge in [-0.25, -0.2) is 12.7 Å². The van der Waals surface area contributed by atoms with Gasteiger partial charge in [-0.1, -0.05) is 0 Å². The number of nitrogens with one attached hydrogen (secondary N) is 1. The van der Waals surface area contributed by atoms with E-state index in [4.69, 9.17) is 0 Å². The zero-order valence-corrected chi connectivity index (χ0v) is 12.1. The van der Waals surface area contributed by atoms with Crippen molar-refractivity contribution in [2.75, 3.05) is 25.5 Å². The first kappa shape index (κ1) is 14.3. The Morgan fingerprint density at radius 3 is 2.89 bits per heavy atom. The van der Waals surface area contributed by atoms with E-state index in [9.17, 15) is 13.5 Å². The highest BCUT2D eigenvalue weighted by Gasteiger charge is 2.22. The fourth-order valence-electron chi connectivity index (χ4n) is 2.11. The van der Waals surface area contributed by atoms with E-state index in [-0.39, 0.29) is 0 Å². The summed E-state index contributed by atoms with van der Waals surface area (Å²) in [7, 11) is -1.92. The first-order chi connectivity index (χ1) is 8.91. The molecule has 0 aromatic heterocycles. The highest BCUT2D eigenvalue weighted by Crippen LogP contribution is 2.26. The third kappa shape index (κ3) is 3.08. The van der Waals surface area contributed by atoms with E-state index < -0.39 is 16.1 Å². The summed E-state index contributed by atoms with van der Waals surface area (Å²) in [5, 5.41) is 12.4. The SMILES string of the molecule is CC(O)CCN(C)S(=O)(=O)c1ccc2c(c1)CCN2. The van der Waals surface area contributed by atoms with Crippen LogP contribution in [0.3, 0.4) is 0 Å². The average Bonchev–Trinajstić information content (AvgIpc) is 2.82. The smallest absolute Gasteiger partial charge is 0.242 e. The predicted molar refractivity (Wildman–Crippen MR) is 74.7 cm³/mol. The molecule has 0 amide bonds. The first-order valence-corrected chi connectivity index (χ1v) is 7.86. The van der Waals surface area contributed by atoms with Crippen LogP contribution in [0.1, 0.15) is 18.9 Å². The van der Waals surface area contributed by atoms with Crippen LogP contribution >= 0.6 is 0 Å². The molecule has 0 fully saturated rings. The van der Waals surface area contributed by atoms with Gasteiger partial charge in [-0.3, -0.25) is 0 Å². The van der Waals surface area contributed by atoms with Gasteiger partial charge in [0.2, 0.25) is 10.0 Å². The first-order valence-electron chi connectivity index (χ1n) is 6.42. The molecule has 6 heteroatoms. The second-order valence-corrected chi connectivity index (χ2v) is 7.00. The number of anilines is 1. The van der Waals surface area contributed by atoms with Crippen molar-refractivity contribution in [1.29, 1.82) is 0 Å². The lowest BCUT2D eigenvalue weighted by molar-refractivity contribution is 0.177. The number of benzene rings is 1. The fraction of sp³-hybridized carbons (Fsp3) is 0.538. The second kappa shape index (κ2) is 5.48. The van der Waals surface area contributed by atoms with Crippen molar-refractivity contribution in [3.63, 3.8) is 0 Å². The molecule has 0 aliphatic carbocycles. The van der Waals surface area contributed by atoms with E-state index in [1.54, 1.807) is 26.1 Å². The van der Waals surface area contributed by atoms with Crippen molar-refractivity contribution in [3.8, 4) is 0 Å². The normalized spacial score (nSPS) is 16.2. The molecule has 1 aliphatic heterocycles. The van der Waals surface area contributed by atoms with E-state index in [0.717, 1.165) is 24.2 Å². The summed E-state index contributed by atoms with van der Waals surface area (Å²) in [4.78, 5) is 0.322. The van der Waals surface area contributed by atoms with Gasteiger partial charge in [0, 0.05) is 25.8 Å². The Balaban J connectivity index is 2.19. The molecule has 106 valence electrons. The van der Waals surface area contributed by atoms with Gasteiger partial charge in [0.25, 0.3) is 0 Å². The van der Waals surface area contributed by atoms with Crippen LogP contribution in [0, 0.1) is 0 Å². The van der Waals surface area contributed by atoms with E-state index >= 15 is 0 Å². The van der Waals surface area contributed by atoms with Gasteiger partial charge >= 0.3 is 0 Å². The number of hydrogen-bond acceptors (Lipinski definition) is 4. The highest BCUT2D eigenvalue weighted by molar-refractivity contribution is 7.89. The summed E-state index contributed by atoms with van der Waals surface area (Å²) >= 11 is 0.